The SMILES string of the molecule is Cc1ccn(Cc2cccc(C(=O)NN)n2)c(=O)c1. The number of nitrogen functional groups attached to an aromatic ring is 1. The zero-order valence-electron chi connectivity index (χ0n) is 10.5. The highest BCUT2D eigenvalue weighted by Gasteiger charge is 2.06. The van der Waals surface area contributed by atoms with E-state index in [1.165, 1.54) is 4.57 Å². The maximum atomic E-state index is 11.8. The second-order valence-corrected chi connectivity index (χ2v) is 4.16. The lowest BCUT2D eigenvalue weighted by Gasteiger charge is -2.06. The van der Waals surface area contributed by atoms with Gasteiger partial charge in [-0.2, -0.15) is 0 Å². The van der Waals surface area contributed by atoms with Gasteiger partial charge in [-0.3, -0.25) is 15.0 Å². The van der Waals surface area contributed by atoms with Gasteiger partial charge in [0.2, 0.25) is 0 Å². The number of aryl methyl sites for hydroxylation is 1. The molecule has 0 aromatic carbocycles. The largest absolute Gasteiger partial charge is 0.310 e. The van der Waals surface area contributed by atoms with E-state index in [1.807, 2.05) is 18.4 Å². The lowest BCUT2D eigenvalue weighted by atomic mass is 10.2. The van der Waals surface area contributed by atoms with Crippen molar-refractivity contribution in [3.63, 3.8) is 0 Å². The van der Waals surface area contributed by atoms with Gasteiger partial charge in [-0.15, -0.1) is 0 Å². The van der Waals surface area contributed by atoms with Gasteiger partial charge < -0.3 is 4.57 Å². The van der Waals surface area contributed by atoms with E-state index >= 15 is 0 Å². The van der Waals surface area contributed by atoms with Gasteiger partial charge in [-0.1, -0.05) is 6.07 Å². The van der Waals surface area contributed by atoms with Gasteiger partial charge >= 0.3 is 0 Å². The number of hydrogen-bond acceptors (Lipinski definition) is 4. The molecule has 1 amide bonds. The van der Waals surface area contributed by atoms with E-state index in [1.54, 1.807) is 30.5 Å². The highest BCUT2D eigenvalue weighted by atomic mass is 16.2. The van der Waals surface area contributed by atoms with Crippen LogP contribution < -0.4 is 16.8 Å². The fourth-order valence-electron chi connectivity index (χ4n) is 1.68. The lowest BCUT2D eigenvalue weighted by molar-refractivity contribution is 0.0948. The van der Waals surface area contributed by atoms with E-state index in [-0.39, 0.29) is 11.3 Å². The number of nitrogens with one attached hydrogen (secondary N) is 1. The monoisotopic (exact) mass is 258 g/mol. The first kappa shape index (κ1) is 13.0. The van der Waals surface area contributed by atoms with E-state index in [0.29, 0.717) is 12.2 Å². The molecule has 0 bridgehead atoms. The molecule has 0 atom stereocenters. The van der Waals surface area contributed by atoms with Crippen LogP contribution in [-0.2, 0) is 6.54 Å². The molecule has 0 spiro atoms. The number of nitrogens with zero attached hydrogens (tertiary/aromatic N) is 2. The number of amides is 1. The van der Waals surface area contributed by atoms with Crippen LogP contribution in [0.15, 0.2) is 41.3 Å². The summed E-state index contributed by atoms with van der Waals surface area (Å²) in [6.07, 6.45) is 1.70. The van der Waals surface area contributed by atoms with Crippen LogP contribution in [0.25, 0.3) is 0 Å². The Morgan fingerprint density at radius 3 is 2.89 bits per heavy atom. The molecule has 6 heteroatoms. The van der Waals surface area contributed by atoms with E-state index in [9.17, 15) is 9.59 Å². The van der Waals surface area contributed by atoms with E-state index in [4.69, 9.17) is 5.84 Å². The third-order valence-corrected chi connectivity index (χ3v) is 2.65. The van der Waals surface area contributed by atoms with Gasteiger partial charge in [0.15, 0.2) is 0 Å². The van der Waals surface area contributed by atoms with Crippen LogP contribution in [0.4, 0.5) is 0 Å². The number of aromatic nitrogens is 2. The van der Waals surface area contributed by atoms with E-state index < -0.39 is 5.91 Å². The van der Waals surface area contributed by atoms with Crippen molar-refractivity contribution in [1.82, 2.24) is 15.0 Å². The maximum Gasteiger partial charge on any atom is 0.283 e. The number of pyridine rings is 2. The zero-order chi connectivity index (χ0) is 13.8. The van der Waals surface area contributed by atoms with Gasteiger partial charge in [0, 0.05) is 12.3 Å². The Hall–Kier alpha value is -2.47. The van der Waals surface area contributed by atoms with Crippen LogP contribution in [-0.4, -0.2) is 15.5 Å². The summed E-state index contributed by atoms with van der Waals surface area (Å²) < 4.78 is 1.53. The third-order valence-electron chi connectivity index (χ3n) is 2.65. The van der Waals surface area contributed by atoms with Gasteiger partial charge in [0.1, 0.15) is 5.69 Å². The Morgan fingerprint density at radius 2 is 2.21 bits per heavy atom. The third kappa shape index (κ3) is 3.05. The number of nitrogens with two attached hydrogens (primary N) is 1. The molecule has 2 aromatic heterocycles. The number of hydrazine groups is 1. The summed E-state index contributed by atoms with van der Waals surface area (Å²) in [6.45, 7) is 2.17. The molecule has 0 fully saturated rings. The van der Waals surface area contributed by atoms with Gasteiger partial charge in [-0.05, 0) is 30.7 Å². The fourth-order valence-corrected chi connectivity index (χ4v) is 1.68. The Kier molecular flexibility index (Phi) is 3.72. The minimum atomic E-state index is -0.460. The molecule has 19 heavy (non-hydrogen) atoms. The molecule has 98 valence electrons. The normalized spacial score (nSPS) is 10.2. The Bertz CT molecular complexity index is 664. The second-order valence-electron chi connectivity index (χ2n) is 4.16. The Balaban J connectivity index is 2.28. The van der Waals surface area contributed by atoms with Crippen molar-refractivity contribution in [2.75, 3.05) is 0 Å². The molecule has 0 aliphatic rings. The highest BCUT2D eigenvalue weighted by Crippen LogP contribution is 2.01. The van der Waals surface area contributed by atoms with Crippen molar-refractivity contribution in [3.8, 4) is 0 Å². The Labute approximate surface area is 109 Å². The predicted molar refractivity (Wildman–Crippen MR) is 70.4 cm³/mol. The van der Waals surface area contributed by atoms with Crippen molar-refractivity contribution in [3.05, 3.63) is 63.8 Å². The van der Waals surface area contributed by atoms with Gasteiger partial charge in [0.25, 0.3) is 11.5 Å². The summed E-state index contributed by atoms with van der Waals surface area (Å²) in [5, 5.41) is 0. The minimum Gasteiger partial charge on any atom is -0.310 e. The van der Waals surface area contributed by atoms with Crippen LogP contribution >= 0.6 is 0 Å². The van der Waals surface area contributed by atoms with Crippen LogP contribution in [0.2, 0.25) is 0 Å². The summed E-state index contributed by atoms with van der Waals surface area (Å²) in [5.74, 6) is 4.59. The smallest absolute Gasteiger partial charge is 0.283 e. The number of carbonyl (C=O) groups is 1. The zero-order valence-corrected chi connectivity index (χ0v) is 10.5. The van der Waals surface area contributed by atoms with Crippen LogP contribution in [0.5, 0.6) is 0 Å². The first-order valence-electron chi connectivity index (χ1n) is 5.74. The van der Waals surface area contributed by atoms with Crippen molar-refractivity contribution in [2.45, 2.75) is 13.5 Å². The van der Waals surface area contributed by atoms with Crippen molar-refractivity contribution < 1.29 is 4.79 Å². The average molecular weight is 258 g/mol. The molecule has 0 saturated heterocycles. The molecule has 0 radical (unpaired) electrons. The van der Waals surface area contributed by atoms with Crippen molar-refractivity contribution >= 4 is 5.91 Å². The van der Waals surface area contributed by atoms with Crippen LogP contribution in [0.3, 0.4) is 0 Å². The topological polar surface area (TPSA) is 90.0 Å². The molecule has 0 saturated carbocycles. The molecular formula is C13H14N4O2. The molecular weight excluding hydrogens is 244 g/mol. The molecule has 6 nitrogen and oxygen atoms in total. The average Bonchev–Trinajstić information content (AvgIpc) is 2.41. The number of carbonyl (C=O) groups excluding carboxylic acids is 1. The molecule has 2 heterocycles. The molecule has 0 aliphatic carbocycles. The van der Waals surface area contributed by atoms with Crippen molar-refractivity contribution in [2.24, 2.45) is 5.84 Å². The van der Waals surface area contributed by atoms with Gasteiger partial charge in [-0.25, -0.2) is 10.8 Å². The molecule has 2 aromatic rings. The predicted octanol–water partition coefficient (Wildman–Crippen LogP) is 0.204. The molecule has 3 N–H and O–H groups in total. The number of rotatable bonds is 3. The van der Waals surface area contributed by atoms with Crippen LogP contribution in [0.1, 0.15) is 21.7 Å². The van der Waals surface area contributed by atoms with E-state index in [2.05, 4.69) is 4.98 Å². The van der Waals surface area contributed by atoms with Crippen LogP contribution in [0, 0.1) is 6.92 Å². The maximum absolute atomic E-state index is 11.8. The Morgan fingerprint density at radius 1 is 1.42 bits per heavy atom. The molecule has 2 rings (SSSR count). The summed E-state index contributed by atoms with van der Waals surface area (Å²) in [4.78, 5) is 27.3. The summed E-state index contributed by atoms with van der Waals surface area (Å²) in [7, 11) is 0. The quantitative estimate of drug-likeness (QED) is 0.467. The molecule has 0 aliphatic heterocycles. The summed E-state index contributed by atoms with van der Waals surface area (Å²) >= 11 is 0. The first-order chi connectivity index (χ1) is 9.10. The molecule has 0 unspecified atom stereocenters. The lowest BCUT2D eigenvalue weighted by Crippen LogP contribution is -2.31. The standard InChI is InChI=1S/C13H14N4O2/c1-9-5-6-17(12(18)7-9)8-10-3-2-4-11(15-10)13(19)16-14/h2-7H,8,14H2,1H3,(H,16,19). The first-order valence-corrected chi connectivity index (χ1v) is 5.74. The minimum absolute atomic E-state index is 0.101. The summed E-state index contributed by atoms with van der Waals surface area (Å²) in [6, 6.07) is 8.41. The number of hydrogen-bond donors (Lipinski definition) is 2. The highest BCUT2D eigenvalue weighted by molar-refractivity contribution is 5.91. The van der Waals surface area contributed by atoms with Gasteiger partial charge in [0.05, 0.1) is 12.2 Å². The fraction of sp³-hybridized carbons (Fsp3) is 0.154. The second kappa shape index (κ2) is 5.45. The van der Waals surface area contributed by atoms with E-state index in [0.717, 1.165) is 5.56 Å². The summed E-state index contributed by atoms with van der Waals surface area (Å²) in [5.41, 5.74) is 3.67. The van der Waals surface area contributed by atoms with Crippen molar-refractivity contribution in [1.29, 1.82) is 0 Å².